The number of fused-ring (bicyclic) bond motifs is 1. The number of carbonyl (C=O) groups is 3. The fourth-order valence-electron chi connectivity index (χ4n) is 7.33. The van der Waals surface area contributed by atoms with Crippen molar-refractivity contribution in [2.24, 2.45) is 17.8 Å². The maximum atomic E-state index is 14.2. The molecule has 1 spiro atoms. The van der Waals surface area contributed by atoms with Gasteiger partial charge in [0.15, 0.2) is 0 Å². The van der Waals surface area contributed by atoms with Gasteiger partial charge in [-0.1, -0.05) is 63.4 Å². The first-order chi connectivity index (χ1) is 17.9. The van der Waals surface area contributed by atoms with Crippen molar-refractivity contribution in [2.45, 2.75) is 99.9 Å². The lowest BCUT2D eigenvalue weighted by atomic mass is 9.70. The number of rotatable bonds is 9. The van der Waals surface area contributed by atoms with Crippen LogP contribution in [0.15, 0.2) is 30.3 Å². The van der Waals surface area contributed by atoms with Gasteiger partial charge in [-0.3, -0.25) is 14.4 Å². The first-order valence-electron chi connectivity index (χ1n) is 14.1. The molecule has 2 unspecified atom stereocenters. The van der Waals surface area contributed by atoms with Crippen molar-refractivity contribution < 1.29 is 19.5 Å². The van der Waals surface area contributed by atoms with Crippen molar-refractivity contribution in [3.05, 3.63) is 35.9 Å². The van der Waals surface area contributed by atoms with E-state index >= 15 is 0 Å². The van der Waals surface area contributed by atoms with Crippen molar-refractivity contribution in [3.8, 4) is 0 Å². The minimum Gasteiger partial charge on any atom is -0.394 e. The molecular formula is C29H41N3O4S. The van der Waals surface area contributed by atoms with Crippen LogP contribution >= 0.6 is 11.8 Å². The normalized spacial score (nSPS) is 32.0. The number of benzene rings is 1. The van der Waals surface area contributed by atoms with Gasteiger partial charge in [-0.05, 0) is 43.6 Å². The van der Waals surface area contributed by atoms with Crippen LogP contribution in [0.4, 0.5) is 0 Å². The maximum Gasteiger partial charge on any atom is 0.244 e. The molecule has 6 atom stereocenters. The summed E-state index contributed by atoms with van der Waals surface area (Å²) in [5.41, 5.74) is 1.02. The molecule has 7 nitrogen and oxygen atoms in total. The zero-order valence-electron chi connectivity index (χ0n) is 22.0. The maximum absolute atomic E-state index is 14.2. The first-order valence-corrected chi connectivity index (χ1v) is 15.0. The third-order valence-electron chi connectivity index (χ3n) is 8.90. The molecule has 1 saturated carbocycles. The van der Waals surface area contributed by atoms with Crippen molar-refractivity contribution in [1.82, 2.24) is 15.5 Å². The molecule has 202 valence electrons. The van der Waals surface area contributed by atoms with E-state index in [2.05, 4.69) is 24.5 Å². The highest BCUT2D eigenvalue weighted by Crippen LogP contribution is 2.66. The molecule has 1 aromatic rings. The molecule has 1 aromatic carbocycles. The lowest BCUT2D eigenvalue weighted by Crippen LogP contribution is -2.58. The highest BCUT2D eigenvalue weighted by molar-refractivity contribution is 8.02. The molecule has 3 saturated heterocycles. The summed E-state index contributed by atoms with van der Waals surface area (Å²) in [4.78, 5) is 43.4. The number of likely N-dealkylation sites (tertiary alicyclic amines) is 1. The molecule has 3 amide bonds. The Hall–Kier alpha value is -2.06. The first kappa shape index (κ1) is 26.5. The molecule has 0 radical (unpaired) electrons. The predicted octanol–water partition coefficient (Wildman–Crippen LogP) is 3.25. The van der Waals surface area contributed by atoms with Crippen LogP contribution in [0.1, 0.15) is 70.8 Å². The van der Waals surface area contributed by atoms with E-state index in [1.165, 1.54) is 6.42 Å². The van der Waals surface area contributed by atoms with Crippen LogP contribution in [0.3, 0.4) is 0 Å². The van der Waals surface area contributed by atoms with E-state index in [1.54, 1.807) is 16.7 Å². The van der Waals surface area contributed by atoms with Gasteiger partial charge < -0.3 is 20.6 Å². The van der Waals surface area contributed by atoms with Crippen LogP contribution in [0.2, 0.25) is 0 Å². The number of hydrogen-bond acceptors (Lipinski definition) is 5. The smallest absolute Gasteiger partial charge is 0.244 e. The Balaban J connectivity index is 1.43. The summed E-state index contributed by atoms with van der Waals surface area (Å²) >= 11 is 1.69. The molecule has 4 fully saturated rings. The Morgan fingerprint density at radius 2 is 1.84 bits per heavy atom. The minimum absolute atomic E-state index is 0.0366. The van der Waals surface area contributed by atoms with E-state index in [9.17, 15) is 19.5 Å². The summed E-state index contributed by atoms with van der Waals surface area (Å²) in [5, 5.41) is 16.8. The van der Waals surface area contributed by atoms with Crippen molar-refractivity contribution in [3.63, 3.8) is 0 Å². The Labute approximate surface area is 224 Å². The predicted molar refractivity (Wildman–Crippen MR) is 145 cm³/mol. The third kappa shape index (κ3) is 4.91. The number of hydrogen-bond donors (Lipinski definition) is 3. The molecule has 4 aliphatic rings. The zero-order chi connectivity index (χ0) is 26.2. The van der Waals surface area contributed by atoms with E-state index in [0.717, 1.165) is 44.1 Å². The van der Waals surface area contributed by atoms with Gasteiger partial charge in [-0.15, -0.1) is 11.8 Å². The van der Waals surface area contributed by atoms with Crippen LogP contribution in [-0.2, 0) is 20.9 Å². The summed E-state index contributed by atoms with van der Waals surface area (Å²) in [6, 6.07) is 8.85. The van der Waals surface area contributed by atoms with Gasteiger partial charge in [0, 0.05) is 17.8 Å². The van der Waals surface area contributed by atoms with Crippen LogP contribution in [0, 0.1) is 17.8 Å². The third-order valence-corrected chi connectivity index (χ3v) is 10.8. The summed E-state index contributed by atoms with van der Waals surface area (Å²) in [5.74, 6) is -1.04. The van der Waals surface area contributed by atoms with E-state index in [0.29, 0.717) is 13.0 Å². The molecule has 2 bridgehead atoms. The molecule has 5 rings (SSSR count). The largest absolute Gasteiger partial charge is 0.394 e. The van der Waals surface area contributed by atoms with Gasteiger partial charge >= 0.3 is 0 Å². The second kappa shape index (κ2) is 11.0. The van der Waals surface area contributed by atoms with Gasteiger partial charge in [0.25, 0.3) is 0 Å². The topological polar surface area (TPSA) is 98.7 Å². The molecule has 3 N–H and O–H groups in total. The molecule has 1 aliphatic carbocycles. The van der Waals surface area contributed by atoms with E-state index in [4.69, 9.17) is 0 Å². The van der Waals surface area contributed by atoms with Crippen LogP contribution in [-0.4, -0.2) is 62.5 Å². The SMILES string of the molecule is CC(C)C[C@H](CO)N1C(=O)[C@@H]2[C@@H](C(=O)NCc3ccccc3)[C@H]3CCC2(S3)C1C(=O)NC1CCCCC1. The van der Waals surface area contributed by atoms with Crippen LogP contribution in [0.25, 0.3) is 0 Å². The van der Waals surface area contributed by atoms with Gasteiger partial charge in [-0.25, -0.2) is 0 Å². The average molecular weight is 528 g/mol. The molecule has 0 aromatic heterocycles. The number of amides is 3. The number of aliphatic hydroxyl groups excluding tert-OH is 1. The number of thioether (sulfide) groups is 1. The zero-order valence-corrected chi connectivity index (χ0v) is 22.8. The summed E-state index contributed by atoms with van der Waals surface area (Å²) < 4.78 is -0.611. The van der Waals surface area contributed by atoms with Crippen molar-refractivity contribution in [2.75, 3.05) is 6.61 Å². The number of carbonyl (C=O) groups excluding carboxylic acids is 3. The van der Waals surface area contributed by atoms with Crippen molar-refractivity contribution >= 4 is 29.5 Å². The Morgan fingerprint density at radius 1 is 1.11 bits per heavy atom. The molecule has 8 heteroatoms. The lowest BCUT2D eigenvalue weighted by Gasteiger charge is -2.38. The van der Waals surface area contributed by atoms with Crippen LogP contribution in [0.5, 0.6) is 0 Å². The Kier molecular flexibility index (Phi) is 7.87. The Morgan fingerprint density at radius 3 is 2.51 bits per heavy atom. The number of aliphatic hydroxyl groups is 1. The van der Waals surface area contributed by atoms with Gasteiger partial charge in [-0.2, -0.15) is 0 Å². The number of nitrogens with one attached hydrogen (secondary N) is 2. The highest BCUT2D eigenvalue weighted by Gasteiger charge is 2.74. The lowest BCUT2D eigenvalue weighted by molar-refractivity contribution is -0.143. The van der Waals surface area contributed by atoms with Gasteiger partial charge in [0.1, 0.15) is 6.04 Å². The summed E-state index contributed by atoms with van der Waals surface area (Å²) in [6.45, 7) is 4.38. The molecule has 37 heavy (non-hydrogen) atoms. The Bertz CT molecular complexity index is 998. The van der Waals surface area contributed by atoms with E-state index in [1.807, 2.05) is 30.3 Å². The molecular weight excluding hydrogens is 486 g/mol. The van der Waals surface area contributed by atoms with Crippen molar-refractivity contribution in [1.29, 1.82) is 0 Å². The van der Waals surface area contributed by atoms with Gasteiger partial charge in [0.2, 0.25) is 17.7 Å². The molecule has 3 aliphatic heterocycles. The van der Waals surface area contributed by atoms with Gasteiger partial charge in [0.05, 0.1) is 29.2 Å². The minimum atomic E-state index is -0.648. The summed E-state index contributed by atoms with van der Waals surface area (Å²) in [7, 11) is 0. The monoisotopic (exact) mass is 527 g/mol. The average Bonchev–Trinajstić information content (AvgIpc) is 3.54. The second-order valence-electron chi connectivity index (χ2n) is 11.8. The number of nitrogens with zero attached hydrogens (tertiary/aromatic N) is 1. The second-order valence-corrected chi connectivity index (χ2v) is 13.4. The van der Waals surface area contributed by atoms with E-state index in [-0.39, 0.29) is 41.5 Å². The standard InChI is InChI=1S/C29H41N3O4S/c1-18(2)15-21(17-33)32-25(27(35)31-20-11-7-4-8-12-20)29-14-13-22(37-29)23(24(29)28(32)36)26(34)30-16-19-9-5-3-6-10-19/h3,5-6,9-10,18,20-25,33H,4,7-8,11-17H2,1-2H3,(H,30,34)(H,31,35)/t21-,22-,23+,24+,25?,29?/m1/s1. The van der Waals surface area contributed by atoms with E-state index < -0.39 is 28.7 Å². The summed E-state index contributed by atoms with van der Waals surface area (Å²) in [6.07, 6.45) is 7.56. The molecule has 3 heterocycles. The quantitative estimate of drug-likeness (QED) is 0.458. The highest BCUT2D eigenvalue weighted by atomic mass is 32.2. The fourth-order valence-corrected chi connectivity index (χ4v) is 9.54. The van der Waals surface area contributed by atoms with Crippen LogP contribution < -0.4 is 10.6 Å². The fraction of sp³-hybridized carbons (Fsp3) is 0.690.